The molecule has 0 spiro atoms. The lowest BCUT2D eigenvalue weighted by molar-refractivity contribution is -0.119. The second-order valence-corrected chi connectivity index (χ2v) is 10.7. The fraction of sp³-hybridized carbons (Fsp3) is 0.121. The van der Waals surface area contributed by atoms with Gasteiger partial charge in [-0.2, -0.15) is 0 Å². The summed E-state index contributed by atoms with van der Waals surface area (Å²) < 4.78 is 12.1. The van der Waals surface area contributed by atoms with Gasteiger partial charge in [-0.25, -0.2) is 9.78 Å². The first kappa shape index (κ1) is 28.3. The molecule has 0 saturated heterocycles. The third-order valence-electron chi connectivity index (χ3n) is 6.66. The minimum atomic E-state index is -0.606. The van der Waals surface area contributed by atoms with E-state index in [0.717, 1.165) is 21.3 Å². The van der Waals surface area contributed by atoms with Gasteiger partial charge in [0.05, 0.1) is 21.8 Å². The lowest BCUT2D eigenvalue weighted by Crippen LogP contribution is -2.22. The van der Waals surface area contributed by atoms with Gasteiger partial charge in [0, 0.05) is 21.1 Å². The lowest BCUT2D eigenvalue weighted by atomic mass is 9.97. The van der Waals surface area contributed by atoms with Gasteiger partial charge >= 0.3 is 5.97 Å². The minimum absolute atomic E-state index is 0.366. The summed E-state index contributed by atoms with van der Waals surface area (Å²) in [5.41, 5.74) is 5.48. The van der Waals surface area contributed by atoms with E-state index in [1.54, 1.807) is 19.1 Å². The van der Waals surface area contributed by atoms with Crippen LogP contribution in [-0.2, 0) is 16.1 Å². The molecule has 206 valence electrons. The van der Waals surface area contributed by atoms with Crippen molar-refractivity contribution in [3.05, 3.63) is 123 Å². The number of aromatic nitrogens is 1. The molecule has 0 atom stereocenters. The quantitative estimate of drug-likeness (QED) is 0.175. The van der Waals surface area contributed by atoms with Crippen LogP contribution in [0.3, 0.4) is 0 Å². The Morgan fingerprint density at radius 2 is 1.59 bits per heavy atom. The van der Waals surface area contributed by atoms with Crippen molar-refractivity contribution < 1.29 is 19.1 Å². The predicted octanol–water partition coefficient (Wildman–Crippen LogP) is 8.31. The molecule has 0 aliphatic heterocycles. The Morgan fingerprint density at radius 1 is 0.878 bits per heavy atom. The van der Waals surface area contributed by atoms with Gasteiger partial charge in [0.25, 0.3) is 5.91 Å². The maximum Gasteiger partial charge on any atom is 0.339 e. The topological polar surface area (TPSA) is 77.5 Å². The molecule has 1 amide bonds. The number of para-hydroxylation sites is 1. The molecule has 1 N–H and O–H groups in total. The first-order valence-corrected chi connectivity index (χ1v) is 14.1. The smallest absolute Gasteiger partial charge is 0.339 e. The molecule has 1 heterocycles. The number of hydrogen-bond donors (Lipinski definition) is 1. The van der Waals surface area contributed by atoms with Crippen LogP contribution in [0.4, 0.5) is 5.69 Å². The van der Waals surface area contributed by atoms with Crippen LogP contribution in [0.1, 0.15) is 27.0 Å². The van der Waals surface area contributed by atoms with Crippen LogP contribution in [0.5, 0.6) is 5.75 Å². The first-order valence-electron chi connectivity index (χ1n) is 12.9. The van der Waals surface area contributed by atoms with Crippen molar-refractivity contribution in [3.8, 4) is 17.0 Å². The van der Waals surface area contributed by atoms with E-state index in [9.17, 15) is 9.59 Å². The van der Waals surface area contributed by atoms with Crippen LogP contribution in [0.15, 0.2) is 95.5 Å². The maximum atomic E-state index is 13.4. The molecule has 41 heavy (non-hydrogen) atoms. The van der Waals surface area contributed by atoms with Crippen LogP contribution in [0, 0.1) is 13.8 Å². The van der Waals surface area contributed by atoms with Crippen molar-refractivity contribution >= 4 is 56.0 Å². The van der Waals surface area contributed by atoms with Crippen molar-refractivity contribution in [2.45, 2.75) is 20.5 Å². The number of nitrogens with zero attached hydrogens (tertiary/aromatic N) is 1. The van der Waals surface area contributed by atoms with Gasteiger partial charge in [-0.3, -0.25) is 4.79 Å². The van der Waals surface area contributed by atoms with Gasteiger partial charge in [0.15, 0.2) is 6.61 Å². The minimum Gasteiger partial charge on any atom is -0.489 e. The molecule has 5 rings (SSSR count). The van der Waals surface area contributed by atoms with Crippen LogP contribution < -0.4 is 10.1 Å². The second kappa shape index (κ2) is 12.5. The molecule has 4 aromatic carbocycles. The highest BCUT2D eigenvalue weighted by Crippen LogP contribution is 2.32. The number of esters is 1. The van der Waals surface area contributed by atoms with Crippen molar-refractivity contribution in [2.75, 3.05) is 11.9 Å². The molecule has 0 unspecified atom stereocenters. The Labute approximate surface area is 251 Å². The van der Waals surface area contributed by atoms with E-state index in [0.29, 0.717) is 50.6 Å². The van der Waals surface area contributed by atoms with Crippen molar-refractivity contribution in [3.63, 3.8) is 0 Å². The van der Waals surface area contributed by atoms with Crippen LogP contribution in [0.25, 0.3) is 22.2 Å². The average molecular weight is 630 g/mol. The molecule has 1 aromatic heterocycles. The monoisotopic (exact) mass is 628 g/mol. The van der Waals surface area contributed by atoms with E-state index in [-0.39, 0.29) is 0 Å². The first-order chi connectivity index (χ1) is 19.8. The summed E-state index contributed by atoms with van der Waals surface area (Å²) >= 11 is 9.63. The fourth-order valence-corrected chi connectivity index (χ4v) is 5.07. The molecule has 0 fully saturated rings. The van der Waals surface area contributed by atoms with Gasteiger partial charge in [-0.15, -0.1) is 0 Å². The summed E-state index contributed by atoms with van der Waals surface area (Å²) in [6.07, 6.45) is 0. The van der Waals surface area contributed by atoms with Crippen LogP contribution in [0.2, 0.25) is 5.02 Å². The lowest BCUT2D eigenvalue weighted by Gasteiger charge is -2.15. The number of pyridine rings is 1. The zero-order chi connectivity index (χ0) is 28.9. The average Bonchev–Trinajstić information content (AvgIpc) is 2.99. The Morgan fingerprint density at radius 3 is 2.34 bits per heavy atom. The Kier molecular flexibility index (Phi) is 8.67. The van der Waals surface area contributed by atoms with Crippen molar-refractivity contribution in [1.82, 2.24) is 4.98 Å². The normalized spacial score (nSPS) is 10.8. The summed E-state index contributed by atoms with van der Waals surface area (Å²) in [7, 11) is 0. The maximum absolute atomic E-state index is 13.4. The molecule has 5 aromatic rings. The van der Waals surface area contributed by atoms with E-state index in [1.807, 2.05) is 85.8 Å². The number of amides is 1. The number of anilines is 1. The largest absolute Gasteiger partial charge is 0.489 e. The molecule has 0 aliphatic rings. The fourth-order valence-electron chi connectivity index (χ4n) is 4.48. The van der Waals surface area contributed by atoms with E-state index >= 15 is 0 Å². The van der Waals surface area contributed by atoms with Gasteiger partial charge in [-0.05, 0) is 88.9 Å². The van der Waals surface area contributed by atoms with E-state index in [4.69, 9.17) is 26.1 Å². The molecular formula is C33H26BrClN2O4. The van der Waals surface area contributed by atoms with Crippen LogP contribution >= 0.6 is 27.5 Å². The van der Waals surface area contributed by atoms with Gasteiger partial charge in [0.2, 0.25) is 0 Å². The van der Waals surface area contributed by atoms with Crippen molar-refractivity contribution in [1.29, 1.82) is 0 Å². The van der Waals surface area contributed by atoms with Crippen molar-refractivity contribution in [2.24, 2.45) is 0 Å². The summed E-state index contributed by atoms with van der Waals surface area (Å²) in [5, 5.41) is 3.91. The highest BCUT2D eigenvalue weighted by Gasteiger charge is 2.21. The highest BCUT2D eigenvalue weighted by molar-refractivity contribution is 9.10. The summed E-state index contributed by atoms with van der Waals surface area (Å²) in [6, 6.07) is 28.4. The zero-order valence-electron chi connectivity index (χ0n) is 22.4. The molecular weight excluding hydrogens is 604 g/mol. The van der Waals surface area contributed by atoms with Gasteiger partial charge in [0.1, 0.15) is 12.4 Å². The number of benzene rings is 4. The van der Waals surface area contributed by atoms with E-state index in [2.05, 4.69) is 21.2 Å². The molecule has 0 radical (unpaired) electrons. The number of hydrogen-bond acceptors (Lipinski definition) is 5. The number of carbonyl (C=O) groups is 2. The van der Waals surface area contributed by atoms with Gasteiger partial charge < -0.3 is 14.8 Å². The summed E-state index contributed by atoms with van der Waals surface area (Å²) in [5.74, 6) is -0.350. The number of carbonyl (C=O) groups excluding carboxylic acids is 2. The Hall–Kier alpha value is -4.20. The predicted molar refractivity (Wildman–Crippen MR) is 165 cm³/mol. The second-order valence-electron chi connectivity index (χ2n) is 9.43. The number of nitrogens with one attached hydrogen (secondary N) is 1. The number of fused-ring (bicyclic) bond motifs is 1. The molecule has 6 nitrogen and oxygen atoms in total. The third-order valence-corrected chi connectivity index (χ3v) is 8.04. The van der Waals surface area contributed by atoms with Gasteiger partial charge in [-0.1, -0.05) is 60.1 Å². The standard InChI is InChI=1S/C33H26BrClN2O4/c1-20-27(17-16-26(34)31(20)35)36-29(38)19-41-33(39)30-21(2)32(37-28-11-7-6-10-25(28)30)23-12-14-24(15-13-23)40-18-22-8-4-3-5-9-22/h3-17H,18-19H2,1-2H3,(H,36,38). The number of ether oxygens (including phenoxy) is 2. The number of halogens is 2. The Bertz CT molecular complexity index is 1740. The van der Waals surface area contributed by atoms with E-state index < -0.39 is 18.5 Å². The zero-order valence-corrected chi connectivity index (χ0v) is 24.8. The molecule has 0 aliphatic carbocycles. The molecule has 0 bridgehead atoms. The number of rotatable bonds is 8. The SMILES string of the molecule is Cc1c(NC(=O)COC(=O)c2c(C)c(-c3ccc(OCc4ccccc4)cc3)nc3ccccc23)ccc(Br)c1Cl. The van der Waals surface area contributed by atoms with Crippen LogP contribution in [-0.4, -0.2) is 23.5 Å². The molecule has 8 heteroatoms. The molecule has 0 saturated carbocycles. The summed E-state index contributed by atoms with van der Waals surface area (Å²) in [6.45, 7) is 3.64. The highest BCUT2D eigenvalue weighted by atomic mass is 79.9. The summed E-state index contributed by atoms with van der Waals surface area (Å²) in [4.78, 5) is 30.9. The third kappa shape index (κ3) is 6.42. The Balaban J connectivity index is 1.35. The van der Waals surface area contributed by atoms with E-state index in [1.165, 1.54) is 0 Å².